The quantitative estimate of drug-likeness (QED) is 0.900. The maximum Gasteiger partial charge on any atom is 0.433 e. The number of nitrogens with zero attached hydrogens (tertiary/aromatic N) is 2. The topological polar surface area (TPSA) is 94.7 Å². The Morgan fingerprint density at radius 1 is 1.52 bits per heavy atom. The van der Waals surface area contributed by atoms with E-state index in [9.17, 15) is 22.8 Å². The molecule has 10 heteroatoms. The third kappa shape index (κ3) is 3.15. The first-order valence-electron chi connectivity index (χ1n) is 5.71. The standard InChI is InChI=1S/C11H10F3N3O4/c1-5-4-20-10(19)17(5)8-3-6(21-9(15)18)2-7(16-8)11(12,13)14/h2-3,5H,4H2,1H3,(H2,15,18)/t5-/m0/s1. The minimum Gasteiger partial charge on any atom is -0.447 e. The molecule has 1 fully saturated rings. The Morgan fingerprint density at radius 2 is 2.19 bits per heavy atom. The molecular formula is C11H10F3N3O4. The van der Waals surface area contributed by atoms with E-state index in [0.29, 0.717) is 6.07 Å². The van der Waals surface area contributed by atoms with E-state index in [1.54, 1.807) is 6.92 Å². The fourth-order valence-electron chi connectivity index (χ4n) is 1.77. The monoisotopic (exact) mass is 305 g/mol. The molecule has 0 bridgehead atoms. The van der Waals surface area contributed by atoms with Crippen LogP contribution in [0.2, 0.25) is 0 Å². The fourth-order valence-corrected chi connectivity index (χ4v) is 1.77. The number of alkyl halides is 3. The molecule has 0 aliphatic carbocycles. The lowest BCUT2D eigenvalue weighted by molar-refractivity contribution is -0.141. The average Bonchev–Trinajstić information content (AvgIpc) is 2.66. The van der Waals surface area contributed by atoms with Gasteiger partial charge in [0.2, 0.25) is 0 Å². The summed E-state index contributed by atoms with van der Waals surface area (Å²) < 4.78 is 47.5. The molecule has 0 spiro atoms. The predicted octanol–water partition coefficient (Wildman–Crippen LogP) is 1.90. The molecule has 1 saturated heterocycles. The summed E-state index contributed by atoms with van der Waals surface area (Å²) in [6.07, 6.45) is -6.89. The van der Waals surface area contributed by atoms with Crippen molar-refractivity contribution in [2.75, 3.05) is 11.5 Å². The van der Waals surface area contributed by atoms with Gasteiger partial charge in [-0.1, -0.05) is 0 Å². The molecular weight excluding hydrogens is 295 g/mol. The van der Waals surface area contributed by atoms with E-state index in [2.05, 4.69) is 9.72 Å². The molecule has 1 aliphatic rings. The van der Waals surface area contributed by atoms with Crippen LogP contribution in [-0.4, -0.2) is 29.8 Å². The number of halogens is 3. The Kier molecular flexibility index (Phi) is 3.62. The van der Waals surface area contributed by atoms with Gasteiger partial charge in [0, 0.05) is 12.1 Å². The van der Waals surface area contributed by atoms with Crippen molar-refractivity contribution in [1.29, 1.82) is 0 Å². The number of ether oxygens (including phenoxy) is 2. The third-order valence-corrected chi connectivity index (χ3v) is 2.63. The molecule has 0 unspecified atom stereocenters. The van der Waals surface area contributed by atoms with E-state index < -0.39 is 35.8 Å². The van der Waals surface area contributed by atoms with Crippen LogP contribution in [0.1, 0.15) is 12.6 Å². The van der Waals surface area contributed by atoms with E-state index >= 15 is 0 Å². The number of hydrogen-bond donors (Lipinski definition) is 1. The number of primary amides is 1. The zero-order valence-corrected chi connectivity index (χ0v) is 10.7. The van der Waals surface area contributed by atoms with Gasteiger partial charge in [-0.3, -0.25) is 4.90 Å². The minimum atomic E-state index is -4.78. The molecule has 0 saturated carbocycles. The van der Waals surface area contributed by atoms with Crippen molar-refractivity contribution in [1.82, 2.24) is 4.98 Å². The molecule has 1 aromatic heterocycles. The number of anilines is 1. The number of rotatable bonds is 2. The zero-order valence-electron chi connectivity index (χ0n) is 10.7. The molecule has 2 N–H and O–H groups in total. The number of cyclic esters (lactones) is 1. The van der Waals surface area contributed by atoms with Crippen molar-refractivity contribution in [2.24, 2.45) is 5.73 Å². The van der Waals surface area contributed by atoms with E-state index in [1.807, 2.05) is 0 Å². The summed E-state index contributed by atoms with van der Waals surface area (Å²) in [5.41, 5.74) is 3.46. The Morgan fingerprint density at radius 3 is 2.67 bits per heavy atom. The van der Waals surface area contributed by atoms with Gasteiger partial charge in [-0.2, -0.15) is 13.2 Å². The van der Waals surface area contributed by atoms with Gasteiger partial charge in [0.1, 0.15) is 18.2 Å². The molecule has 114 valence electrons. The molecule has 1 aliphatic heterocycles. The molecule has 0 radical (unpaired) electrons. The normalized spacial score (nSPS) is 18.6. The number of carbonyl (C=O) groups excluding carboxylic acids is 2. The summed E-state index contributed by atoms with van der Waals surface area (Å²) in [5.74, 6) is -0.803. The first-order chi connectivity index (χ1) is 9.68. The molecule has 1 atom stereocenters. The second-order valence-corrected chi connectivity index (χ2v) is 4.26. The summed E-state index contributed by atoms with van der Waals surface area (Å²) in [7, 11) is 0. The maximum absolute atomic E-state index is 12.8. The number of aromatic nitrogens is 1. The lowest BCUT2D eigenvalue weighted by Crippen LogP contribution is -2.32. The van der Waals surface area contributed by atoms with Gasteiger partial charge >= 0.3 is 18.4 Å². The van der Waals surface area contributed by atoms with Crippen molar-refractivity contribution >= 4 is 18.0 Å². The van der Waals surface area contributed by atoms with E-state index in [-0.39, 0.29) is 12.4 Å². The summed E-state index contributed by atoms with van der Waals surface area (Å²) in [6.45, 7) is 1.59. The molecule has 0 aromatic carbocycles. The Labute approximate surface area is 116 Å². The van der Waals surface area contributed by atoms with Crippen LogP contribution in [0, 0.1) is 0 Å². The average molecular weight is 305 g/mol. The van der Waals surface area contributed by atoms with E-state index in [0.717, 1.165) is 11.0 Å². The summed E-state index contributed by atoms with van der Waals surface area (Å²) in [6, 6.07) is 1.01. The van der Waals surface area contributed by atoms with Crippen molar-refractivity contribution < 1.29 is 32.2 Å². The Bertz CT molecular complexity index is 591. The van der Waals surface area contributed by atoms with Crippen LogP contribution < -0.4 is 15.4 Å². The van der Waals surface area contributed by atoms with Gasteiger partial charge < -0.3 is 15.2 Å². The van der Waals surface area contributed by atoms with Crippen LogP contribution in [0.25, 0.3) is 0 Å². The highest BCUT2D eigenvalue weighted by atomic mass is 19.4. The zero-order chi connectivity index (χ0) is 15.8. The van der Waals surface area contributed by atoms with Crippen LogP contribution in [0.3, 0.4) is 0 Å². The summed E-state index contributed by atoms with van der Waals surface area (Å²) in [4.78, 5) is 26.5. The van der Waals surface area contributed by atoms with Gasteiger partial charge in [0.15, 0.2) is 5.69 Å². The minimum absolute atomic E-state index is 0.0166. The van der Waals surface area contributed by atoms with E-state index in [1.165, 1.54) is 0 Å². The second-order valence-electron chi connectivity index (χ2n) is 4.26. The van der Waals surface area contributed by atoms with Crippen LogP contribution in [0.4, 0.5) is 28.6 Å². The third-order valence-electron chi connectivity index (χ3n) is 2.63. The van der Waals surface area contributed by atoms with Crippen LogP contribution in [0.5, 0.6) is 5.75 Å². The van der Waals surface area contributed by atoms with Crippen molar-refractivity contribution in [2.45, 2.75) is 19.1 Å². The predicted molar refractivity (Wildman–Crippen MR) is 62.7 cm³/mol. The number of hydrogen-bond acceptors (Lipinski definition) is 5. The van der Waals surface area contributed by atoms with Crippen molar-refractivity contribution in [3.63, 3.8) is 0 Å². The highest BCUT2D eigenvalue weighted by Gasteiger charge is 2.37. The van der Waals surface area contributed by atoms with Gasteiger partial charge in [-0.05, 0) is 6.92 Å². The molecule has 2 heterocycles. The molecule has 2 amide bonds. The maximum atomic E-state index is 12.8. The van der Waals surface area contributed by atoms with Crippen molar-refractivity contribution in [3.8, 4) is 5.75 Å². The highest BCUT2D eigenvalue weighted by Crippen LogP contribution is 2.34. The fraction of sp³-hybridized carbons (Fsp3) is 0.364. The molecule has 21 heavy (non-hydrogen) atoms. The summed E-state index contributed by atoms with van der Waals surface area (Å²) >= 11 is 0. The van der Waals surface area contributed by atoms with E-state index in [4.69, 9.17) is 10.5 Å². The Balaban J connectivity index is 2.49. The second kappa shape index (κ2) is 5.11. The first kappa shape index (κ1) is 14.9. The van der Waals surface area contributed by atoms with Crippen LogP contribution >= 0.6 is 0 Å². The van der Waals surface area contributed by atoms with Gasteiger partial charge in [-0.15, -0.1) is 0 Å². The van der Waals surface area contributed by atoms with Gasteiger partial charge in [-0.25, -0.2) is 14.6 Å². The number of pyridine rings is 1. The SMILES string of the molecule is C[C@H]1COC(=O)N1c1cc(OC(N)=O)cc(C(F)(F)F)n1. The lowest BCUT2D eigenvalue weighted by atomic mass is 10.2. The molecule has 2 rings (SSSR count). The van der Waals surface area contributed by atoms with Gasteiger partial charge in [0.05, 0.1) is 6.04 Å². The number of nitrogens with two attached hydrogens (primary N) is 1. The Hall–Kier alpha value is -2.52. The van der Waals surface area contributed by atoms with Crippen LogP contribution in [-0.2, 0) is 10.9 Å². The highest BCUT2D eigenvalue weighted by molar-refractivity contribution is 5.89. The molecule has 7 nitrogen and oxygen atoms in total. The van der Waals surface area contributed by atoms with Crippen LogP contribution in [0.15, 0.2) is 12.1 Å². The largest absolute Gasteiger partial charge is 0.447 e. The molecule has 1 aromatic rings. The van der Waals surface area contributed by atoms with Crippen molar-refractivity contribution in [3.05, 3.63) is 17.8 Å². The summed E-state index contributed by atoms with van der Waals surface area (Å²) in [5, 5.41) is 0. The number of amides is 2. The van der Waals surface area contributed by atoms with Gasteiger partial charge in [0.25, 0.3) is 0 Å². The first-order valence-corrected chi connectivity index (χ1v) is 5.71. The lowest BCUT2D eigenvalue weighted by Gasteiger charge is -2.19. The smallest absolute Gasteiger partial charge is 0.433 e. The number of carbonyl (C=O) groups is 2.